The van der Waals surface area contributed by atoms with Crippen molar-refractivity contribution in [2.75, 3.05) is 39.8 Å². The number of hydrogen-bond donors (Lipinski definition) is 1. The molecule has 4 rings (SSSR count). The minimum Gasteiger partial charge on any atom is -0.497 e. The highest BCUT2D eigenvalue weighted by atomic mass is 32.1. The van der Waals surface area contributed by atoms with Gasteiger partial charge in [0.1, 0.15) is 12.3 Å². The molecule has 160 valence electrons. The van der Waals surface area contributed by atoms with E-state index in [1.54, 1.807) is 18.4 Å². The number of hydrogen-bond acceptors (Lipinski definition) is 4. The lowest BCUT2D eigenvalue weighted by atomic mass is 9.98. The van der Waals surface area contributed by atoms with Gasteiger partial charge >= 0.3 is 0 Å². The molecule has 1 N–H and O–H groups in total. The monoisotopic (exact) mass is 426 g/mol. The number of nitrogens with zero attached hydrogens (tertiary/aromatic N) is 3. The predicted octanol–water partition coefficient (Wildman–Crippen LogP) is 3.10. The molecular weight excluding hydrogens is 396 g/mol. The van der Waals surface area contributed by atoms with Crippen LogP contribution in [0.4, 0.5) is 0 Å². The Kier molecular flexibility index (Phi) is 6.57. The number of aliphatic imine (C=N–C) groups is 1. The zero-order valence-corrected chi connectivity index (χ0v) is 18.6. The Morgan fingerprint density at radius 2 is 2.07 bits per heavy atom. The molecule has 2 aromatic rings. The summed E-state index contributed by atoms with van der Waals surface area (Å²) in [5, 5.41) is 5.49. The minimum absolute atomic E-state index is 0.105. The van der Waals surface area contributed by atoms with Crippen molar-refractivity contribution in [3.8, 4) is 5.75 Å². The zero-order valence-electron chi connectivity index (χ0n) is 17.8. The van der Waals surface area contributed by atoms with Crippen LogP contribution in [0.25, 0.3) is 0 Å². The van der Waals surface area contributed by atoms with Gasteiger partial charge < -0.3 is 19.9 Å². The largest absolute Gasteiger partial charge is 0.497 e. The molecule has 0 aliphatic carbocycles. The number of ether oxygens (including phenoxy) is 1. The Morgan fingerprint density at radius 3 is 2.83 bits per heavy atom. The van der Waals surface area contributed by atoms with Gasteiger partial charge in [-0.05, 0) is 54.5 Å². The Balaban J connectivity index is 1.37. The van der Waals surface area contributed by atoms with Gasteiger partial charge in [0, 0.05) is 43.5 Å². The number of guanidine groups is 1. The van der Waals surface area contributed by atoms with E-state index in [2.05, 4.69) is 40.7 Å². The molecule has 1 saturated heterocycles. The summed E-state index contributed by atoms with van der Waals surface area (Å²) in [6, 6.07) is 10.5. The van der Waals surface area contributed by atoms with Crippen molar-refractivity contribution in [3.63, 3.8) is 0 Å². The standard InChI is InChI=1S/C23H30N4O2S/c1-3-24-23(25-14-22(28)26-12-9-21-19(16-26)10-13-30-21)27-11-8-18(15-27)17-4-6-20(29-2)7-5-17/h4-7,10,13,18H,3,8-9,11-12,14-16H2,1-2H3,(H,24,25). The summed E-state index contributed by atoms with van der Waals surface area (Å²) in [6.07, 6.45) is 2.04. The van der Waals surface area contributed by atoms with E-state index in [0.29, 0.717) is 12.5 Å². The molecule has 0 saturated carbocycles. The van der Waals surface area contributed by atoms with Gasteiger partial charge in [-0.1, -0.05) is 12.1 Å². The fraction of sp³-hybridized carbons (Fsp3) is 0.478. The summed E-state index contributed by atoms with van der Waals surface area (Å²) in [6.45, 7) is 6.42. The van der Waals surface area contributed by atoms with E-state index in [1.807, 2.05) is 17.0 Å². The maximum Gasteiger partial charge on any atom is 0.244 e. The number of likely N-dealkylation sites (tertiary alicyclic amines) is 1. The van der Waals surface area contributed by atoms with Crippen LogP contribution < -0.4 is 10.1 Å². The van der Waals surface area contributed by atoms with Crippen LogP contribution in [-0.2, 0) is 17.8 Å². The highest BCUT2D eigenvalue weighted by Gasteiger charge is 2.27. The molecule has 3 heterocycles. The third-order valence-corrected chi connectivity index (χ3v) is 6.96. The fourth-order valence-corrected chi connectivity index (χ4v) is 5.12. The lowest BCUT2D eigenvalue weighted by Gasteiger charge is -2.27. The third-order valence-electron chi connectivity index (χ3n) is 5.93. The fourth-order valence-electron chi connectivity index (χ4n) is 4.23. The number of nitrogens with one attached hydrogen (secondary N) is 1. The van der Waals surface area contributed by atoms with Crippen molar-refractivity contribution in [2.24, 2.45) is 4.99 Å². The van der Waals surface area contributed by atoms with Crippen molar-refractivity contribution < 1.29 is 9.53 Å². The Bertz CT molecular complexity index is 893. The van der Waals surface area contributed by atoms with E-state index in [-0.39, 0.29) is 12.5 Å². The molecule has 7 heteroatoms. The first-order chi connectivity index (χ1) is 14.7. The SMILES string of the molecule is CCNC(=NCC(=O)N1CCc2sccc2C1)N1CCC(c2ccc(OC)cc2)C1. The van der Waals surface area contributed by atoms with Gasteiger partial charge in [0.2, 0.25) is 5.91 Å². The number of benzene rings is 1. The number of rotatable bonds is 5. The van der Waals surface area contributed by atoms with Crippen molar-refractivity contribution in [2.45, 2.75) is 32.2 Å². The second-order valence-electron chi connectivity index (χ2n) is 7.81. The maximum atomic E-state index is 12.8. The van der Waals surface area contributed by atoms with E-state index in [0.717, 1.165) is 50.7 Å². The number of fused-ring (bicyclic) bond motifs is 1. The number of methoxy groups -OCH3 is 1. The second kappa shape index (κ2) is 9.51. The summed E-state index contributed by atoms with van der Waals surface area (Å²) in [5.41, 5.74) is 2.61. The van der Waals surface area contributed by atoms with E-state index in [1.165, 1.54) is 16.0 Å². The van der Waals surface area contributed by atoms with Gasteiger partial charge in [-0.25, -0.2) is 4.99 Å². The van der Waals surface area contributed by atoms with Gasteiger partial charge in [0.25, 0.3) is 0 Å². The smallest absolute Gasteiger partial charge is 0.244 e. The number of thiophene rings is 1. The van der Waals surface area contributed by atoms with Crippen molar-refractivity contribution in [1.29, 1.82) is 0 Å². The third kappa shape index (κ3) is 4.61. The highest BCUT2D eigenvalue weighted by Crippen LogP contribution is 2.28. The van der Waals surface area contributed by atoms with Gasteiger partial charge in [-0.15, -0.1) is 11.3 Å². The predicted molar refractivity (Wildman–Crippen MR) is 121 cm³/mol. The molecule has 2 aliphatic rings. The first kappa shape index (κ1) is 20.7. The summed E-state index contributed by atoms with van der Waals surface area (Å²) >= 11 is 1.79. The van der Waals surface area contributed by atoms with Crippen molar-refractivity contribution in [1.82, 2.24) is 15.1 Å². The normalized spacial score (nSPS) is 19.0. The zero-order chi connectivity index (χ0) is 20.9. The summed E-state index contributed by atoms with van der Waals surface area (Å²) in [4.78, 5) is 23.1. The molecule has 1 amide bonds. The van der Waals surface area contributed by atoms with Gasteiger partial charge in [0.15, 0.2) is 5.96 Å². The minimum atomic E-state index is 0.105. The van der Waals surface area contributed by atoms with Gasteiger partial charge in [0.05, 0.1) is 7.11 Å². The molecular formula is C23H30N4O2S. The molecule has 1 atom stereocenters. The number of carbonyl (C=O) groups excluding carboxylic acids is 1. The van der Waals surface area contributed by atoms with Crippen LogP contribution in [-0.4, -0.2) is 61.5 Å². The van der Waals surface area contributed by atoms with Gasteiger partial charge in [-0.2, -0.15) is 0 Å². The first-order valence-electron chi connectivity index (χ1n) is 10.7. The van der Waals surface area contributed by atoms with Crippen LogP contribution in [0.1, 0.15) is 35.3 Å². The molecule has 0 spiro atoms. The lowest BCUT2D eigenvalue weighted by Crippen LogP contribution is -2.42. The topological polar surface area (TPSA) is 57.2 Å². The van der Waals surface area contributed by atoms with Crippen LogP contribution in [0.5, 0.6) is 5.75 Å². The molecule has 30 heavy (non-hydrogen) atoms. The summed E-state index contributed by atoms with van der Waals surface area (Å²) < 4.78 is 5.27. The highest BCUT2D eigenvalue weighted by molar-refractivity contribution is 7.10. The van der Waals surface area contributed by atoms with E-state index < -0.39 is 0 Å². The molecule has 1 aromatic heterocycles. The van der Waals surface area contributed by atoms with Crippen LogP contribution in [0.15, 0.2) is 40.7 Å². The van der Waals surface area contributed by atoms with Gasteiger partial charge in [-0.3, -0.25) is 4.79 Å². The average Bonchev–Trinajstić information content (AvgIpc) is 3.45. The van der Waals surface area contributed by atoms with Crippen LogP contribution in [0.2, 0.25) is 0 Å². The van der Waals surface area contributed by atoms with Crippen LogP contribution in [0.3, 0.4) is 0 Å². The quantitative estimate of drug-likeness (QED) is 0.590. The Morgan fingerprint density at radius 1 is 1.23 bits per heavy atom. The van der Waals surface area contributed by atoms with E-state index in [9.17, 15) is 4.79 Å². The first-order valence-corrected chi connectivity index (χ1v) is 11.6. The molecule has 2 aliphatic heterocycles. The molecule has 0 radical (unpaired) electrons. The molecule has 1 unspecified atom stereocenters. The number of amides is 1. The lowest BCUT2D eigenvalue weighted by molar-refractivity contribution is -0.130. The Hall–Kier alpha value is -2.54. The van der Waals surface area contributed by atoms with E-state index in [4.69, 9.17) is 9.73 Å². The van der Waals surface area contributed by atoms with E-state index >= 15 is 0 Å². The Labute approximate surface area is 182 Å². The molecule has 0 bridgehead atoms. The van der Waals surface area contributed by atoms with Crippen LogP contribution in [0, 0.1) is 0 Å². The van der Waals surface area contributed by atoms with Crippen molar-refractivity contribution >= 4 is 23.2 Å². The van der Waals surface area contributed by atoms with Crippen LogP contribution >= 0.6 is 11.3 Å². The number of carbonyl (C=O) groups is 1. The second-order valence-corrected chi connectivity index (χ2v) is 8.81. The molecule has 6 nitrogen and oxygen atoms in total. The molecule has 1 aromatic carbocycles. The molecule has 1 fully saturated rings. The maximum absolute atomic E-state index is 12.8. The average molecular weight is 427 g/mol. The summed E-state index contributed by atoms with van der Waals surface area (Å²) in [5.74, 6) is 2.30. The van der Waals surface area contributed by atoms with Crippen molar-refractivity contribution in [3.05, 3.63) is 51.7 Å². The summed E-state index contributed by atoms with van der Waals surface area (Å²) in [7, 11) is 1.69.